The van der Waals surface area contributed by atoms with Gasteiger partial charge in [-0.3, -0.25) is 4.79 Å². The zero-order valence-corrected chi connectivity index (χ0v) is 16.1. The number of phenolic OH excluding ortho intramolecular Hbond substituents is 1. The summed E-state index contributed by atoms with van der Waals surface area (Å²) in [6, 6.07) is 16.4. The number of aromatic nitrogens is 2. The zero-order valence-electron chi connectivity index (χ0n) is 16.1. The van der Waals surface area contributed by atoms with E-state index in [1.807, 2.05) is 47.4 Å². The number of rotatable bonds is 3. The van der Waals surface area contributed by atoms with Gasteiger partial charge in [0.2, 0.25) is 0 Å². The zero-order chi connectivity index (χ0) is 19.7. The Balaban J connectivity index is 1.75. The lowest BCUT2D eigenvalue weighted by Gasteiger charge is -2.30. The molecule has 0 spiro atoms. The van der Waals surface area contributed by atoms with Gasteiger partial charge in [0.05, 0.1) is 11.4 Å². The number of fused-ring (bicyclic) bond motifs is 1. The van der Waals surface area contributed by atoms with Crippen LogP contribution in [0.15, 0.2) is 54.6 Å². The van der Waals surface area contributed by atoms with Gasteiger partial charge in [-0.15, -0.1) is 0 Å². The first-order valence-electron chi connectivity index (χ1n) is 9.56. The summed E-state index contributed by atoms with van der Waals surface area (Å²) in [4.78, 5) is 24.4. The van der Waals surface area contributed by atoms with Crippen LogP contribution in [-0.4, -0.2) is 32.4 Å². The summed E-state index contributed by atoms with van der Waals surface area (Å²) in [5, 5.41) is 9.64. The van der Waals surface area contributed by atoms with Gasteiger partial charge in [0, 0.05) is 42.1 Å². The van der Waals surface area contributed by atoms with Crippen LogP contribution < -0.4 is 0 Å². The molecule has 1 aliphatic rings. The highest BCUT2D eigenvalue weighted by molar-refractivity contribution is 5.94. The van der Waals surface area contributed by atoms with E-state index in [4.69, 9.17) is 9.97 Å². The second-order valence-electron chi connectivity index (χ2n) is 7.40. The monoisotopic (exact) mass is 373 g/mol. The van der Waals surface area contributed by atoms with Crippen LogP contribution in [-0.2, 0) is 13.0 Å². The third-order valence-corrected chi connectivity index (χ3v) is 5.04. The highest BCUT2D eigenvalue weighted by atomic mass is 16.3. The summed E-state index contributed by atoms with van der Waals surface area (Å²) in [6.45, 7) is 5.29. The Morgan fingerprint density at radius 1 is 1.04 bits per heavy atom. The molecule has 0 radical (unpaired) electrons. The van der Waals surface area contributed by atoms with E-state index in [0.717, 1.165) is 28.3 Å². The highest BCUT2D eigenvalue weighted by Crippen LogP contribution is 2.31. The number of carbonyl (C=O) groups is 1. The molecule has 0 fully saturated rings. The summed E-state index contributed by atoms with van der Waals surface area (Å²) >= 11 is 0. The fourth-order valence-corrected chi connectivity index (χ4v) is 3.49. The van der Waals surface area contributed by atoms with Crippen molar-refractivity contribution in [3.63, 3.8) is 0 Å². The molecule has 2 heterocycles. The van der Waals surface area contributed by atoms with Crippen LogP contribution in [0.2, 0.25) is 0 Å². The predicted octanol–water partition coefficient (Wildman–Crippen LogP) is 4.17. The maximum Gasteiger partial charge on any atom is 0.254 e. The minimum atomic E-state index is 0.0239. The van der Waals surface area contributed by atoms with Crippen molar-refractivity contribution in [2.24, 2.45) is 0 Å². The molecule has 0 bridgehead atoms. The van der Waals surface area contributed by atoms with Crippen molar-refractivity contribution in [3.8, 4) is 17.0 Å². The standard InChI is InChI=1S/C23H23N3O2/c1-15(2)22-24-20-12-13-26(23(28)17-6-4-3-5-7-17)14-19(20)21(25-22)16-8-10-18(27)11-9-16/h3-11,15,27H,12-14H2,1-2H3. The van der Waals surface area contributed by atoms with Gasteiger partial charge in [-0.05, 0) is 36.4 Å². The first-order chi connectivity index (χ1) is 13.5. The molecule has 1 amide bonds. The number of hydrogen-bond donors (Lipinski definition) is 1. The largest absolute Gasteiger partial charge is 0.508 e. The van der Waals surface area contributed by atoms with Crippen LogP contribution >= 0.6 is 0 Å². The second kappa shape index (κ2) is 7.43. The van der Waals surface area contributed by atoms with E-state index in [1.54, 1.807) is 12.1 Å². The molecule has 1 aromatic heterocycles. The number of nitrogens with zero attached hydrogens (tertiary/aromatic N) is 3. The van der Waals surface area contributed by atoms with E-state index < -0.39 is 0 Å². The Labute approximate surface area is 164 Å². The SMILES string of the molecule is CC(C)c1nc2c(c(-c3ccc(O)cc3)n1)CN(C(=O)c1ccccc1)CC2. The fourth-order valence-electron chi connectivity index (χ4n) is 3.49. The van der Waals surface area contributed by atoms with Crippen LogP contribution in [0, 0.1) is 0 Å². The molecule has 0 atom stereocenters. The Bertz CT molecular complexity index is 998. The summed E-state index contributed by atoms with van der Waals surface area (Å²) in [5.74, 6) is 1.27. The van der Waals surface area contributed by atoms with Crippen LogP contribution in [0.3, 0.4) is 0 Å². The van der Waals surface area contributed by atoms with E-state index in [-0.39, 0.29) is 17.6 Å². The lowest BCUT2D eigenvalue weighted by molar-refractivity contribution is 0.0733. The molecule has 3 aromatic rings. The van der Waals surface area contributed by atoms with Gasteiger partial charge in [0.15, 0.2) is 0 Å². The molecule has 142 valence electrons. The van der Waals surface area contributed by atoms with E-state index in [0.29, 0.717) is 25.1 Å². The predicted molar refractivity (Wildman–Crippen MR) is 108 cm³/mol. The third-order valence-electron chi connectivity index (χ3n) is 5.04. The summed E-state index contributed by atoms with van der Waals surface area (Å²) in [5.41, 5.74) is 4.47. The number of hydrogen-bond acceptors (Lipinski definition) is 4. The molecule has 5 heteroatoms. The lowest BCUT2D eigenvalue weighted by Crippen LogP contribution is -2.37. The first kappa shape index (κ1) is 18.2. The fraction of sp³-hybridized carbons (Fsp3) is 0.261. The van der Waals surface area contributed by atoms with Gasteiger partial charge in [0.25, 0.3) is 5.91 Å². The minimum Gasteiger partial charge on any atom is -0.508 e. The van der Waals surface area contributed by atoms with Crippen LogP contribution in [0.4, 0.5) is 0 Å². The van der Waals surface area contributed by atoms with Gasteiger partial charge < -0.3 is 10.0 Å². The lowest BCUT2D eigenvalue weighted by atomic mass is 9.97. The van der Waals surface area contributed by atoms with Crippen molar-refractivity contribution in [3.05, 3.63) is 77.2 Å². The van der Waals surface area contributed by atoms with Crippen molar-refractivity contribution < 1.29 is 9.90 Å². The highest BCUT2D eigenvalue weighted by Gasteiger charge is 2.27. The normalized spacial score (nSPS) is 13.5. The Morgan fingerprint density at radius 3 is 2.43 bits per heavy atom. The summed E-state index contributed by atoms with van der Waals surface area (Å²) in [7, 11) is 0. The smallest absolute Gasteiger partial charge is 0.254 e. The van der Waals surface area contributed by atoms with Crippen molar-refractivity contribution >= 4 is 5.91 Å². The second-order valence-corrected chi connectivity index (χ2v) is 7.40. The van der Waals surface area contributed by atoms with Crippen molar-refractivity contribution in [1.82, 2.24) is 14.9 Å². The quantitative estimate of drug-likeness (QED) is 0.748. The van der Waals surface area contributed by atoms with Crippen LogP contribution in [0.1, 0.15) is 47.2 Å². The molecular weight excluding hydrogens is 350 g/mol. The molecule has 2 aromatic carbocycles. The van der Waals surface area contributed by atoms with Gasteiger partial charge in [0.1, 0.15) is 11.6 Å². The van der Waals surface area contributed by atoms with Crippen molar-refractivity contribution in [1.29, 1.82) is 0 Å². The van der Waals surface area contributed by atoms with Crippen LogP contribution in [0.25, 0.3) is 11.3 Å². The molecule has 0 unspecified atom stereocenters. The first-order valence-corrected chi connectivity index (χ1v) is 9.56. The maximum atomic E-state index is 12.9. The van der Waals surface area contributed by atoms with Gasteiger partial charge in [-0.25, -0.2) is 9.97 Å². The minimum absolute atomic E-state index is 0.0239. The molecule has 0 aliphatic carbocycles. The van der Waals surface area contributed by atoms with Gasteiger partial charge in [-0.2, -0.15) is 0 Å². The number of benzene rings is 2. The molecule has 5 nitrogen and oxygen atoms in total. The molecule has 0 saturated heterocycles. The number of amides is 1. The van der Waals surface area contributed by atoms with Gasteiger partial charge >= 0.3 is 0 Å². The van der Waals surface area contributed by atoms with E-state index in [1.165, 1.54) is 0 Å². The Morgan fingerprint density at radius 2 is 1.75 bits per heavy atom. The van der Waals surface area contributed by atoms with Crippen LogP contribution in [0.5, 0.6) is 5.75 Å². The number of phenols is 1. The molecule has 0 saturated carbocycles. The summed E-state index contributed by atoms with van der Waals surface area (Å²) < 4.78 is 0. The number of carbonyl (C=O) groups excluding carboxylic acids is 1. The third kappa shape index (κ3) is 3.48. The Hall–Kier alpha value is -3.21. The van der Waals surface area contributed by atoms with E-state index in [9.17, 15) is 9.90 Å². The van der Waals surface area contributed by atoms with Crippen molar-refractivity contribution in [2.45, 2.75) is 32.7 Å². The van der Waals surface area contributed by atoms with Gasteiger partial charge in [-0.1, -0.05) is 32.0 Å². The molecular formula is C23H23N3O2. The maximum absolute atomic E-state index is 12.9. The summed E-state index contributed by atoms with van der Waals surface area (Å²) in [6.07, 6.45) is 0.710. The molecule has 28 heavy (non-hydrogen) atoms. The molecule has 1 N–H and O–H groups in total. The average Bonchev–Trinajstić information content (AvgIpc) is 2.73. The van der Waals surface area contributed by atoms with E-state index in [2.05, 4.69) is 13.8 Å². The molecule has 4 rings (SSSR count). The van der Waals surface area contributed by atoms with E-state index >= 15 is 0 Å². The number of aromatic hydroxyl groups is 1. The topological polar surface area (TPSA) is 66.3 Å². The van der Waals surface area contributed by atoms with Crippen molar-refractivity contribution in [2.75, 3.05) is 6.54 Å². The molecule has 1 aliphatic heterocycles. The average molecular weight is 373 g/mol. The Kier molecular flexibility index (Phi) is 4.82.